The molecule has 0 aliphatic carbocycles. The Morgan fingerprint density at radius 3 is 2.29 bits per heavy atom. The molecule has 1 aromatic rings. The van der Waals surface area contributed by atoms with Gasteiger partial charge < -0.3 is 15.7 Å². The monoisotopic (exact) mass is 334 g/mol. The Labute approximate surface area is 144 Å². The minimum absolute atomic E-state index is 0.00956. The maximum Gasteiger partial charge on any atom is 0.234 e. The van der Waals surface area contributed by atoms with Crippen molar-refractivity contribution < 1.29 is 14.7 Å². The molecule has 134 valence electrons. The summed E-state index contributed by atoms with van der Waals surface area (Å²) in [5.74, 6) is -0.843. The van der Waals surface area contributed by atoms with E-state index in [1.54, 1.807) is 14.0 Å². The molecule has 0 aliphatic heterocycles. The van der Waals surface area contributed by atoms with Gasteiger partial charge in [0.25, 0.3) is 0 Å². The van der Waals surface area contributed by atoms with Crippen LogP contribution in [0.2, 0.25) is 0 Å². The van der Waals surface area contributed by atoms with Crippen LogP contribution >= 0.6 is 0 Å². The standard InChI is InChI=1S/C19H30N2O3/c1-5-13(2)18(21-17(23)12-20-4)19(24)16(14(3)22)11-15-9-7-6-8-10-15/h6-10,13-14,16,18,20,22H,5,11-12H2,1-4H3,(H,21,23)/t13-,14+,16-,18-/m0/s1. The summed E-state index contributed by atoms with van der Waals surface area (Å²) in [6.45, 7) is 5.74. The number of hydrogen-bond donors (Lipinski definition) is 3. The van der Waals surface area contributed by atoms with E-state index in [4.69, 9.17) is 0 Å². The van der Waals surface area contributed by atoms with Crippen molar-refractivity contribution in [3.05, 3.63) is 35.9 Å². The molecule has 0 heterocycles. The molecule has 0 radical (unpaired) electrons. The first kappa shape index (κ1) is 20.3. The zero-order valence-corrected chi connectivity index (χ0v) is 15.1. The summed E-state index contributed by atoms with van der Waals surface area (Å²) in [5, 5.41) is 15.8. The van der Waals surface area contributed by atoms with Crippen LogP contribution < -0.4 is 10.6 Å². The fraction of sp³-hybridized carbons (Fsp3) is 0.579. The van der Waals surface area contributed by atoms with E-state index in [1.165, 1.54) is 0 Å². The minimum Gasteiger partial charge on any atom is -0.393 e. The molecule has 1 amide bonds. The van der Waals surface area contributed by atoms with Crippen LogP contribution in [-0.4, -0.2) is 42.5 Å². The van der Waals surface area contributed by atoms with Gasteiger partial charge in [-0.15, -0.1) is 0 Å². The highest BCUT2D eigenvalue weighted by Gasteiger charge is 2.33. The number of carbonyl (C=O) groups is 2. The summed E-state index contributed by atoms with van der Waals surface area (Å²) < 4.78 is 0. The summed E-state index contributed by atoms with van der Waals surface area (Å²) in [6, 6.07) is 9.06. The number of hydrogen-bond acceptors (Lipinski definition) is 4. The predicted molar refractivity (Wildman–Crippen MR) is 95.6 cm³/mol. The van der Waals surface area contributed by atoms with Crippen molar-refractivity contribution in [1.82, 2.24) is 10.6 Å². The van der Waals surface area contributed by atoms with Crippen LogP contribution in [0.25, 0.3) is 0 Å². The SMILES string of the molecule is CC[C@H](C)[C@H](NC(=O)CNC)C(=O)[C@@H](Cc1ccccc1)[C@@H](C)O. The molecule has 0 unspecified atom stereocenters. The number of ketones is 1. The molecular weight excluding hydrogens is 304 g/mol. The number of aliphatic hydroxyl groups is 1. The number of likely N-dealkylation sites (N-methyl/N-ethyl adjacent to an activating group) is 1. The van der Waals surface area contributed by atoms with Crippen molar-refractivity contribution in [2.75, 3.05) is 13.6 Å². The number of rotatable bonds is 10. The van der Waals surface area contributed by atoms with Gasteiger partial charge in [0.15, 0.2) is 5.78 Å². The lowest BCUT2D eigenvalue weighted by molar-refractivity contribution is -0.133. The van der Waals surface area contributed by atoms with Gasteiger partial charge in [0.1, 0.15) is 0 Å². The Morgan fingerprint density at radius 2 is 1.79 bits per heavy atom. The maximum absolute atomic E-state index is 13.0. The number of benzene rings is 1. The fourth-order valence-electron chi connectivity index (χ4n) is 2.72. The molecule has 0 bridgehead atoms. The van der Waals surface area contributed by atoms with Gasteiger partial charge in [0.05, 0.1) is 18.7 Å². The lowest BCUT2D eigenvalue weighted by Gasteiger charge is -2.29. The highest BCUT2D eigenvalue weighted by atomic mass is 16.3. The number of Topliss-reactive ketones (excluding diaryl/α,β-unsaturated/α-hetero) is 1. The second-order valence-corrected chi connectivity index (χ2v) is 6.40. The average Bonchev–Trinajstić information content (AvgIpc) is 2.57. The van der Waals surface area contributed by atoms with E-state index < -0.39 is 18.1 Å². The van der Waals surface area contributed by atoms with Crippen molar-refractivity contribution in [2.45, 2.75) is 45.8 Å². The van der Waals surface area contributed by atoms with Gasteiger partial charge >= 0.3 is 0 Å². The molecule has 4 atom stereocenters. The highest BCUT2D eigenvalue weighted by molar-refractivity contribution is 5.91. The topological polar surface area (TPSA) is 78.4 Å². The van der Waals surface area contributed by atoms with Crippen molar-refractivity contribution in [3.63, 3.8) is 0 Å². The predicted octanol–water partition coefficient (Wildman–Crippen LogP) is 1.55. The van der Waals surface area contributed by atoms with Gasteiger partial charge in [0.2, 0.25) is 5.91 Å². The van der Waals surface area contributed by atoms with Crippen molar-refractivity contribution in [3.8, 4) is 0 Å². The van der Waals surface area contributed by atoms with E-state index in [0.717, 1.165) is 12.0 Å². The molecule has 1 rings (SSSR count). The smallest absolute Gasteiger partial charge is 0.234 e. The zero-order valence-electron chi connectivity index (χ0n) is 15.1. The first-order chi connectivity index (χ1) is 11.4. The number of nitrogens with one attached hydrogen (secondary N) is 2. The summed E-state index contributed by atoms with van der Waals surface area (Å²) in [6.07, 6.45) is 0.464. The van der Waals surface area contributed by atoms with Gasteiger partial charge in [-0.1, -0.05) is 50.6 Å². The molecule has 0 spiro atoms. The first-order valence-electron chi connectivity index (χ1n) is 8.60. The second-order valence-electron chi connectivity index (χ2n) is 6.40. The Balaban J connectivity index is 2.95. The van der Waals surface area contributed by atoms with Crippen LogP contribution in [0.5, 0.6) is 0 Å². The normalized spacial score (nSPS) is 16.0. The fourth-order valence-corrected chi connectivity index (χ4v) is 2.72. The summed E-state index contributed by atoms with van der Waals surface area (Å²) in [7, 11) is 1.69. The summed E-state index contributed by atoms with van der Waals surface area (Å²) in [5.41, 5.74) is 1.00. The molecule has 5 nitrogen and oxygen atoms in total. The number of carbonyl (C=O) groups excluding carboxylic acids is 2. The van der Waals surface area contributed by atoms with Crippen LogP contribution in [-0.2, 0) is 16.0 Å². The van der Waals surface area contributed by atoms with Crippen LogP contribution in [0.4, 0.5) is 0 Å². The minimum atomic E-state index is -0.773. The third-order valence-electron chi connectivity index (χ3n) is 4.42. The van der Waals surface area contributed by atoms with Crippen molar-refractivity contribution >= 4 is 11.7 Å². The van der Waals surface area contributed by atoms with E-state index in [0.29, 0.717) is 6.42 Å². The number of amides is 1. The molecule has 1 aromatic carbocycles. The maximum atomic E-state index is 13.0. The third kappa shape index (κ3) is 6.06. The first-order valence-corrected chi connectivity index (χ1v) is 8.60. The summed E-state index contributed by atoms with van der Waals surface area (Å²) in [4.78, 5) is 25.0. The zero-order chi connectivity index (χ0) is 18.1. The Hall–Kier alpha value is -1.72. The third-order valence-corrected chi connectivity index (χ3v) is 4.42. The van der Waals surface area contributed by atoms with Gasteiger partial charge in [-0.2, -0.15) is 0 Å². The van der Waals surface area contributed by atoms with Crippen LogP contribution in [0, 0.1) is 11.8 Å². The van der Waals surface area contributed by atoms with E-state index >= 15 is 0 Å². The highest BCUT2D eigenvalue weighted by Crippen LogP contribution is 2.20. The lowest BCUT2D eigenvalue weighted by Crippen LogP contribution is -2.51. The van der Waals surface area contributed by atoms with Crippen molar-refractivity contribution in [1.29, 1.82) is 0 Å². The molecule has 0 saturated carbocycles. The van der Waals surface area contributed by atoms with E-state index in [1.807, 2.05) is 44.2 Å². The van der Waals surface area contributed by atoms with E-state index in [9.17, 15) is 14.7 Å². The molecule has 5 heteroatoms. The van der Waals surface area contributed by atoms with Crippen LogP contribution in [0.3, 0.4) is 0 Å². The van der Waals surface area contributed by atoms with Crippen molar-refractivity contribution in [2.24, 2.45) is 11.8 Å². The van der Waals surface area contributed by atoms with Gasteiger partial charge in [-0.25, -0.2) is 0 Å². The summed E-state index contributed by atoms with van der Waals surface area (Å²) >= 11 is 0. The lowest BCUT2D eigenvalue weighted by atomic mass is 9.83. The van der Waals surface area contributed by atoms with E-state index in [-0.39, 0.29) is 24.2 Å². The molecular formula is C19H30N2O3. The Morgan fingerprint density at radius 1 is 1.17 bits per heavy atom. The molecule has 0 fully saturated rings. The Bertz CT molecular complexity index is 517. The Kier molecular flexibility index (Phi) is 8.65. The largest absolute Gasteiger partial charge is 0.393 e. The van der Waals surface area contributed by atoms with Gasteiger partial charge in [-0.3, -0.25) is 9.59 Å². The molecule has 0 aliphatic rings. The van der Waals surface area contributed by atoms with Crippen LogP contribution in [0.15, 0.2) is 30.3 Å². The second kappa shape index (κ2) is 10.2. The average molecular weight is 334 g/mol. The van der Waals surface area contributed by atoms with E-state index in [2.05, 4.69) is 10.6 Å². The number of aliphatic hydroxyl groups excluding tert-OH is 1. The molecule has 0 aromatic heterocycles. The molecule has 0 saturated heterocycles. The van der Waals surface area contributed by atoms with Gasteiger partial charge in [0, 0.05) is 5.92 Å². The quantitative estimate of drug-likeness (QED) is 0.606. The molecule has 3 N–H and O–H groups in total. The molecule has 24 heavy (non-hydrogen) atoms. The van der Waals surface area contributed by atoms with Crippen LogP contribution in [0.1, 0.15) is 32.8 Å². The van der Waals surface area contributed by atoms with Gasteiger partial charge in [-0.05, 0) is 31.9 Å².